The summed E-state index contributed by atoms with van der Waals surface area (Å²) >= 11 is 0. The van der Waals surface area contributed by atoms with Crippen LogP contribution in [0.4, 0.5) is 0 Å². The van der Waals surface area contributed by atoms with Gasteiger partial charge in [0.25, 0.3) is 0 Å². The van der Waals surface area contributed by atoms with Gasteiger partial charge in [0, 0.05) is 32.0 Å². The number of amides is 2. The fourth-order valence-electron chi connectivity index (χ4n) is 2.61. The van der Waals surface area contributed by atoms with Crippen LogP contribution in [-0.2, 0) is 9.59 Å². The summed E-state index contributed by atoms with van der Waals surface area (Å²) in [6, 6.07) is 2.19. The molecule has 2 aliphatic heterocycles. The van der Waals surface area contributed by atoms with Crippen LogP contribution in [0.5, 0.6) is 0 Å². The minimum atomic E-state index is -0.0139. The standard InChI is InChI=1S/C12H17N3O2/c13-6-9-14-7-4-10(5-8-14)15-11(16)2-1-3-12(15)17/h10H,1-5,7-9H2. The highest BCUT2D eigenvalue weighted by Gasteiger charge is 2.34. The fourth-order valence-corrected chi connectivity index (χ4v) is 2.61. The number of hydrogen-bond acceptors (Lipinski definition) is 4. The summed E-state index contributed by atoms with van der Waals surface area (Å²) in [4.78, 5) is 27.0. The Labute approximate surface area is 101 Å². The molecule has 2 fully saturated rings. The van der Waals surface area contributed by atoms with Crippen molar-refractivity contribution in [2.45, 2.75) is 38.1 Å². The number of carbonyl (C=O) groups is 2. The average molecular weight is 235 g/mol. The second-order valence-corrected chi connectivity index (χ2v) is 4.68. The Morgan fingerprint density at radius 2 is 1.76 bits per heavy atom. The molecule has 5 heteroatoms. The zero-order valence-corrected chi connectivity index (χ0v) is 9.89. The Morgan fingerprint density at radius 1 is 1.18 bits per heavy atom. The van der Waals surface area contributed by atoms with E-state index in [-0.39, 0.29) is 17.9 Å². The Morgan fingerprint density at radius 3 is 2.29 bits per heavy atom. The molecule has 0 radical (unpaired) electrons. The van der Waals surface area contributed by atoms with E-state index in [1.807, 2.05) is 0 Å². The topological polar surface area (TPSA) is 64.4 Å². The number of nitriles is 1. The highest BCUT2D eigenvalue weighted by Crippen LogP contribution is 2.22. The van der Waals surface area contributed by atoms with Crippen molar-refractivity contribution in [3.05, 3.63) is 0 Å². The molecular weight excluding hydrogens is 218 g/mol. The predicted molar refractivity (Wildman–Crippen MR) is 60.8 cm³/mol. The van der Waals surface area contributed by atoms with E-state index in [1.54, 1.807) is 0 Å². The molecule has 0 spiro atoms. The van der Waals surface area contributed by atoms with Crippen molar-refractivity contribution < 1.29 is 9.59 Å². The number of piperidine rings is 2. The van der Waals surface area contributed by atoms with Gasteiger partial charge in [-0.3, -0.25) is 19.4 Å². The Balaban J connectivity index is 1.93. The number of hydrogen-bond donors (Lipinski definition) is 0. The molecule has 0 atom stereocenters. The molecule has 2 aliphatic rings. The third-order valence-corrected chi connectivity index (χ3v) is 3.54. The SMILES string of the molecule is N#CCN1CCC(N2C(=O)CCCC2=O)CC1. The molecule has 0 aliphatic carbocycles. The van der Waals surface area contributed by atoms with Crippen LogP contribution in [0.1, 0.15) is 32.1 Å². The van der Waals surface area contributed by atoms with Crippen LogP contribution in [0.2, 0.25) is 0 Å². The summed E-state index contributed by atoms with van der Waals surface area (Å²) in [6.45, 7) is 2.04. The molecule has 2 heterocycles. The molecular formula is C12H17N3O2. The van der Waals surface area contributed by atoms with Gasteiger partial charge in [0.2, 0.25) is 11.8 Å². The highest BCUT2D eigenvalue weighted by atomic mass is 16.2. The van der Waals surface area contributed by atoms with E-state index in [0.29, 0.717) is 25.8 Å². The minimum absolute atomic E-state index is 0.0139. The Bertz CT molecular complexity index is 337. The smallest absolute Gasteiger partial charge is 0.229 e. The van der Waals surface area contributed by atoms with Gasteiger partial charge in [-0.1, -0.05) is 0 Å². The first-order valence-electron chi connectivity index (χ1n) is 6.16. The summed E-state index contributed by atoms with van der Waals surface area (Å²) in [5.74, 6) is -0.0278. The first-order valence-corrected chi connectivity index (χ1v) is 6.16. The summed E-state index contributed by atoms with van der Waals surface area (Å²) in [7, 11) is 0. The normalized spacial score (nSPS) is 23.8. The molecule has 92 valence electrons. The quantitative estimate of drug-likeness (QED) is 0.517. The highest BCUT2D eigenvalue weighted by molar-refractivity contribution is 5.97. The van der Waals surface area contributed by atoms with E-state index in [2.05, 4.69) is 11.0 Å². The van der Waals surface area contributed by atoms with Crippen LogP contribution in [0, 0.1) is 11.3 Å². The molecule has 2 rings (SSSR count). The zero-order valence-electron chi connectivity index (χ0n) is 9.89. The van der Waals surface area contributed by atoms with Gasteiger partial charge in [0.15, 0.2) is 0 Å². The molecule has 0 aromatic heterocycles. The van der Waals surface area contributed by atoms with Crippen LogP contribution >= 0.6 is 0 Å². The summed E-state index contributed by atoms with van der Waals surface area (Å²) in [6.07, 6.45) is 3.31. The molecule has 0 unspecified atom stereocenters. The minimum Gasteiger partial charge on any atom is -0.290 e. The molecule has 17 heavy (non-hydrogen) atoms. The van der Waals surface area contributed by atoms with Gasteiger partial charge in [-0.15, -0.1) is 0 Å². The zero-order chi connectivity index (χ0) is 12.3. The van der Waals surface area contributed by atoms with Gasteiger partial charge in [-0.25, -0.2) is 0 Å². The number of imide groups is 1. The lowest BCUT2D eigenvalue weighted by atomic mass is 9.99. The number of rotatable bonds is 2. The molecule has 5 nitrogen and oxygen atoms in total. The van der Waals surface area contributed by atoms with Gasteiger partial charge in [-0.05, 0) is 19.3 Å². The van der Waals surface area contributed by atoms with E-state index < -0.39 is 0 Å². The van der Waals surface area contributed by atoms with Crippen molar-refractivity contribution in [2.75, 3.05) is 19.6 Å². The molecule has 0 N–H and O–H groups in total. The number of carbonyl (C=O) groups excluding carboxylic acids is 2. The van der Waals surface area contributed by atoms with Crippen LogP contribution in [0.15, 0.2) is 0 Å². The van der Waals surface area contributed by atoms with E-state index in [0.717, 1.165) is 25.9 Å². The number of likely N-dealkylation sites (tertiary alicyclic amines) is 2. The summed E-state index contributed by atoms with van der Waals surface area (Å²) in [5.41, 5.74) is 0. The van der Waals surface area contributed by atoms with E-state index >= 15 is 0 Å². The average Bonchev–Trinajstić information content (AvgIpc) is 2.31. The molecule has 0 bridgehead atoms. The van der Waals surface area contributed by atoms with Crippen LogP contribution in [0.25, 0.3) is 0 Å². The van der Waals surface area contributed by atoms with Crippen LogP contribution < -0.4 is 0 Å². The second kappa shape index (κ2) is 5.28. The van der Waals surface area contributed by atoms with Gasteiger partial charge < -0.3 is 0 Å². The van der Waals surface area contributed by atoms with Crippen molar-refractivity contribution in [1.29, 1.82) is 5.26 Å². The van der Waals surface area contributed by atoms with Crippen molar-refractivity contribution in [3.8, 4) is 6.07 Å². The largest absolute Gasteiger partial charge is 0.290 e. The van der Waals surface area contributed by atoms with E-state index in [1.165, 1.54) is 4.90 Å². The van der Waals surface area contributed by atoms with Crippen LogP contribution in [-0.4, -0.2) is 47.3 Å². The van der Waals surface area contributed by atoms with Gasteiger partial charge in [0.05, 0.1) is 12.6 Å². The molecule has 2 amide bonds. The molecule has 0 aromatic carbocycles. The van der Waals surface area contributed by atoms with Gasteiger partial charge in [0.1, 0.15) is 0 Å². The lowest BCUT2D eigenvalue weighted by Crippen LogP contribution is -2.51. The maximum absolute atomic E-state index is 11.8. The Hall–Kier alpha value is -1.41. The van der Waals surface area contributed by atoms with Gasteiger partial charge >= 0.3 is 0 Å². The maximum atomic E-state index is 11.8. The van der Waals surface area contributed by atoms with Crippen LogP contribution in [0.3, 0.4) is 0 Å². The first-order chi connectivity index (χ1) is 8.22. The lowest BCUT2D eigenvalue weighted by Gasteiger charge is -2.38. The second-order valence-electron chi connectivity index (χ2n) is 4.68. The third kappa shape index (κ3) is 2.64. The third-order valence-electron chi connectivity index (χ3n) is 3.54. The van der Waals surface area contributed by atoms with Gasteiger partial charge in [-0.2, -0.15) is 5.26 Å². The maximum Gasteiger partial charge on any atom is 0.229 e. The van der Waals surface area contributed by atoms with Crippen molar-refractivity contribution in [1.82, 2.24) is 9.80 Å². The molecule has 2 saturated heterocycles. The van der Waals surface area contributed by atoms with Crippen molar-refractivity contribution >= 4 is 11.8 Å². The van der Waals surface area contributed by atoms with E-state index in [4.69, 9.17) is 5.26 Å². The first kappa shape index (κ1) is 12.1. The summed E-state index contributed by atoms with van der Waals surface area (Å²) in [5, 5.41) is 8.61. The van der Waals surface area contributed by atoms with Crippen molar-refractivity contribution in [2.24, 2.45) is 0 Å². The fraction of sp³-hybridized carbons (Fsp3) is 0.750. The van der Waals surface area contributed by atoms with Crippen molar-refractivity contribution in [3.63, 3.8) is 0 Å². The molecule has 0 saturated carbocycles. The van der Waals surface area contributed by atoms with E-state index in [9.17, 15) is 9.59 Å². The number of nitrogens with zero attached hydrogens (tertiary/aromatic N) is 3. The Kier molecular flexibility index (Phi) is 3.75. The molecule has 0 aromatic rings. The monoisotopic (exact) mass is 235 g/mol. The predicted octanol–water partition coefficient (Wildman–Crippen LogP) is 0.513. The lowest BCUT2D eigenvalue weighted by molar-refractivity contribution is -0.151. The summed E-state index contributed by atoms with van der Waals surface area (Å²) < 4.78 is 0.